The molecule has 11 nitrogen and oxygen atoms in total. The molecule has 2 aromatic heterocycles. The number of aliphatic hydroxyl groups excluding tert-OH is 1. The Balaban J connectivity index is 1.60. The molecule has 0 aromatic carbocycles. The largest absolute Gasteiger partial charge is 0.395 e. The van der Waals surface area contributed by atoms with Gasteiger partial charge in [-0.1, -0.05) is 13.1 Å². The van der Waals surface area contributed by atoms with Crippen LogP contribution in [0.1, 0.15) is 28.9 Å². The number of halogens is 2. The molecule has 3 N–H and O–H groups in total. The standard InChI is InChI=1S/C24H35F2N7O4SSi/c1-17-16-20(30-23(27-17)33-8-6-24(25,26)7-9-33)29-22(35)18-4-5-19(31-38(36,37)13-12-34)28-21(18)32-10-14-39(2,3)15-11-32/h4-5,16,34H,6-15H2,1-3H3,(H,28,31)(H,27,29,30,35). The highest BCUT2D eigenvalue weighted by atomic mass is 32.2. The van der Waals surface area contributed by atoms with Crippen molar-refractivity contribution in [2.45, 2.75) is 50.9 Å². The molecule has 0 atom stereocenters. The topological polar surface area (TPSA) is 141 Å². The number of carbonyl (C=O) groups is 1. The minimum Gasteiger partial charge on any atom is -0.395 e. The fraction of sp³-hybridized carbons (Fsp3) is 0.583. The Labute approximate surface area is 228 Å². The van der Waals surface area contributed by atoms with E-state index in [0.717, 1.165) is 12.1 Å². The van der Waals surface area contributed by atoms with Crippen LogP contribution in [0.2, 0.25) is 25.2 Å². The minimum absolute atomic E-state index is 0.0548. The van der Waals surface area contributed by atoms with E-state index in [0.29, 0.717) is 24.6 Å². The fourth-order valence-electron chi connectivity index (χ4n) is 4.55. The lowest BCUT2D eigenvalue weighted by molar-refractivity contribution is -0.0222. The number of alkyl halides is 2. The molecule has 2 fully saturated rings. The van der Waals surface area contributed by atoms with Gasteiger partial charge in [0.25, 0.3) is 11.8 Å². The number of anilines is 4. The Morgan fingerprint density at radius 1 is 1.05 bits per heavy atom. The van der Waals surface area contributed by atoms with Crippen LogP contribution in [-0.4, -0.2) is 86.9 Å². The second-order valence-corrected chi connectivity index (χ2v) is 18.0. The number of aliphatic hydroxyl groups is 1. The molecule has 39 heavy (non-hydrogen) atoms. The molecule has 0 spiro atoms. The van der Waals surface area contributed by atoms with Crippen LogP contribution in [0.5, 0.6) is 0 Å². The lowest BCUT2D eigenvalue weighted by atomic mass is 10.1. The van der Waals surface area contributed by atoms with Crippen molar-refractivity contribution in [1.29, 1.82) is 0 Å². The molecule has 2 saturated heterocycles. The minimum atomic E-state index is -3.80. The van der Waals surface area contributed by atoms with E-state index < -0.39 is 42.3 Å². The Morgan fingerprint density at radius 3 is 2.36 bits per heavy atom. The number of aromatic nitrogens is 3. The van der Waals surface area contributed by atoms with Gasteiger partial charge >= 0.3 is 0 Å². The van der Waals surface area contributed by atoms with Crippen molar-refractivity contribution in [3.8, 4) is 0 Å². The van der Waals surface area contributed by atoms with Crippen LogP contribution in [0.4, 0.5) is 32.2 Å². The summed E-state index contributed by atoms with van der Waals surface area (Å²) < 4.78 is 54.0. The van der Waals surface area contributed by atoms with Gasteiger partial charge in [-0.2, -0.15) is 4.98 Å². The SMILES string of the molecule is Cc1cc(NC(=O)c2ccc(NS(=O)(=O)CCO)nc2N2CC[Si](C)(C)CC2)nc(N2CCC(F)(F)CC2)n1. The number of nitrogens with zero attached hydrogens (tertiary/aromatic N) is 5. The predicted octanol–water partition coefficient (Wildman–Crippen LogP) is 2.93. The molecule has 0 saturated carbocycles. The van der Waals surface area contributed by atoms with Crippen LogP contribution in [0.3, 0.4) is 0 Å². The third-order valence-electron chi connectivity index (χ3n) is 7.02. The Hall–Kier alpha value is -2.91. The van der Waals surface area contributed by atoms with E-state index in [4.69, 9.17) is 5.11 Å². The molecule has 0 unspecified atom stereocenters. The summed E-state index contributed by atoms with van der Waals surface area (Å²) in [6.45, 7) is 7.42. The third-order valence-corrected chi connectivity index (χ3v) is 11.4. The molecule has 15 heteroatoms. The van der Waals surface area contributed by atoms with Gasteiger partial charge in [0.1, 0.15) is 17.5 Å². The van der Waals surface area contributed by atoms with Crippen LogP contribution >= 0.6 is 0 Å². The smallest absolute Gasteiger partial charge is 0.260 e. The van der Waals surface area contributed by atoms with Gasteiger partial charge in [-0.05, 0) is 31.1 Å². The molecule has 4 rings (SSSR count). The van der Waals surface area contributed by atoms with Gasteiger partial charge in [-0.3, -0.25) is 9.52 Å². The predicted molar refractivity (Wildman–Crippen MR) is 149 cm³/mol. The average molecular weight is 584 g/mol. The van der Waals surface area contributed by atoms with Crippen LogP contribution in [0, 0.1) is 6.92 Å². The first-order chi connectivity index (χ1) is 18.3. The number of piperidine rings is 1. The summed E-state index contributed by atoms with van der Waals surface area (Å²) in [4.78, 5) is 30.4. The monoisotopic (exact) mass is 583 g/mol. The normalized spacial score (nSPS) is 19.0. The second kappa shape index (κ2) is 11.3. The Kier molecular flexibility index (Phi) is 8.42. The van der Waals surface area contributed by atoms with E-state index in [1.807, 2.05) is 4.90 Å². The molecule has 2 aliphatic heterocycles. The van der Waals surface area contributed by atoms with Gasteiger partial charge in [0.2, 0.25) is 16.0 Å². The highest BCUT2D eigenvalue weighted by molar-refractivity contribution is 7.92. The molecular weight excluding hydrogens is 548 g/mol. The van der Waals surface area contributed by atoms with Crippen molar-refractivity contribution in [2.75, 3.05) is 58.4 Å². The van der Waals surface area contributed by atoms with E-state index in [2.05, 4.69) is 38.1 Å². The van der Waals surface area contributed by atoms with Crippen molar-refractivity contribution in [1.82, 2.24) is 15.0 Å². The summed E-state index contributed by atoms with van der Waals surface area (Å²) in [5.74, 6) is -2.75. The van der Waals surface area contributed by atoms with Gasteiger partial charge in [-0.25, -0.2) is 27.2 Å². The molecule has 4 heterocycles. The van der Waals surface area contributed by atoms with Gasteiger partial charge in [0.05, 0.1) is 26.0 Å². The summed E-state index contributed by atoms with van der Waals surface area (Å²) in [6, 6.07) is 6.51. The summed E-state index contributed by atoms with van der Waals surface area (Å²) in [5.41, 5.74) is 0.819. The lowest BCUT2D eigenvalue weighted by Gasteiger charge is -2.37. The Bertz CT molecular complexity index is 1310. The number of aryl methyl sites for hydroxylation is 1. The van der Waals surface area contributed by atoms with E-state index >= 15 is 0 Å². The zero-order valence-electron chi connectivity index (χ0n) is 22.4. The number of nitrogens with one attached hydrogen (secondary N) is 2. The maximum Gasteiger partial charge on any atom is 0.260 e. The average Bonchev–Trinajstić information content (AvgIpc) is 2.83. The number of rotatable bonds is 8. The van der Waals surface area contributed by atoms with Crippen molar-refractivity contribution < 1.29 is 27.1 Å². The first-order valence-electron chi connectivity index (χ1n) is 12.9. The molecule has 0 aliphatic carbocycles. The van der Waals surface area contributed by atoms with Crippen molar-refractivity contribution in [2.24, 2.45) is 0 Å². The molecule has 1 amide bonds. The molecular formula is C24H35F2N7O4SSi. The number of hydrogen-bond donors (Lipinski definition) is 3. The van der Waals surface area contributed by atoms with E-state index in [9.17, 15) is 22.0 Å². The summed E-state index contributed by atoms with van der Waals surface area (Å²) >= 11 is 0. The van der Waals surface area contributed by atoms with Crippen molar-refractivity contribution in [3.05, 3.63) is 29.5 Å². The maximum atomic E-state index is 13.6. The highest BCUT2D eigenvalue weighted by Gasteiger charge is 2.35. The Morgan fingerprint density at radius 2 is 1.72 bits per heavy atom. The summed E-state index contributed by atoms with van der Waals surface area (Å²) in [6.07, 6.45) is -0.574. The van der Waals surface area contributed by atoms with Gasteiger partial charge in [-0.15, -0.1) is 0 Å². The van der Waals surface area contributed by atoms with Crippen LogP contribution in [0.25, 0.3) is 0 Å². The van der Waals surface area contributed by atoms with Gasteiger partial charge in [0.15, 0.2) is 0 Å². The van der Waals surface area contributed by atoms with Crippen LogP contribution in [0.15, 0.2) is 18.2 Å². The third kappa shape index (κ3) is 7.60. The van der Waals surface area contributed by atoms with E-state index in [1.165, 1.54) is 12.1 Å². The number of pyridine rings is 1. The van der Waals surface area contributed by atoms with E-state index in [1.54, 1.807) is 17.9 Å². The molecule has 214 valence electrons. The van der Waals surface area contributed by atoms with Crippen LogP contribution in [-0.2, 0) is 10.0 Å². The molecule has 0 radical (unpaired) electrons. The van der Waals surface area contributed by atoms with Crippen LogP contribution < -0.4 is 19.8 Å². The first-order valence-corrected chi connectivity index (χ1v) is 18.0. The number of carbonyl (C=O) groups excluding carboxylic acids is 1. The molecule has 2 aromatic rings. The first kappa shape index (κ1) is 29.1. The zero-order chi connectivity index (χ0) is 28.4. The molecule has 0 bridgehead atoms. The fourth-order valence-corrected chi connectivity index (χ4v) is 7.33. The number of sulfonamides is 1. The van der Waals surface area contributed by atoms with Crippen molar-refractivity contribution in [3.63, 3.8) is 0 Å². The molecule has 2 aliphatic rings. The lowest BCUT2D eigenvalue weighted by Crippen LogP contribution is -2.43. The van der Waals surface area contributed by atoms with Gasteiger partial charge in [0, 0.05) is 50.8 Å². The second-order valence-electron chi connectivity index (χ2n) is 10.9. The zero-order valence-corrected chi connectivity index (χ0v) is 24.2. The summed E-state index contributed by atoms with van der Waals surface area (Å²) in [5, 5.41) is 11.8. The summed E-state index contributed by atoms with van der Waals surface area (Å²) in [7, 11) is -5.15. The highest BCUT2D eigenvalue weighted by Crippen LogP contribution is 2.31. The van der Waals surface area contributed by atoms with Crippen molar-refractivity contribution >= 4 is 47.4 Å². The number of hydrogen-bond acceptors (Lipinski definition) is 9. The number of amides is 1. The van der Waals surface area contributed by atoms with Gasteiger partial charge < -0.3 is 20.2 Å². The maximum absolute atomic E-state index is 13.6. The van der Waals surface area contributed by atoms with E-state index in [-0.39, 0.29) is 49.1 Å². The quantitative estimate of drug-likeness (QED) is 0.400.